The van der Waals surface area contributed by atoms with Crippen LogP contribution in [0.4, 0.5) is 25.2 Å². The molecule has 3 nitrogen and oxygen atoms in total. The van der Waals surface area contributed by atoms with E-state index in [0.717, 1.165) is 31.6 Å². The van der Waals surface area contributed by atoms with E-state index in [9.17, 15) is 30.0 Å². The normalized spacial score (nSPS) is 18.0. The minimum atomic E-state index is -10.7. The minimum absolute atomic E-state index is 0.259. The van der Waals surface area contributed by atoms with E-state index in [0.29, 0.717) is 6.42 Å². The summed E-state index contributed by atoms with van der Waals surface area (Å²) in [5, 5.41) is 0. The molecule has 1 aromatic heterocycles. The number of halogens is 6. The van der Waals surface area contributed by atoms with Gasteiger partial charge >= 0.3 is 33.0 Å². The monoisotopic (exact) mass is 350 g/mol. The first-order chi connectivity index (χ1) is 9.72. The molecular weight excluding hydrogens is 333 g/mol. The third-order valence-electron chi connectivity index (χ3n) is 2.95. The number of carbonyl (C=O) groups excluding carboxylic acids is 1. The van der Waals surface area contributed by atoms with E-state index in [1.54, 1.807) is 0 Å². The van der Waals surface area contributed by atoms with Gasteiger partial charge < -0.3 is 4.90 Å². The Labute approximate surface area is 123 Å². The molecule has 1 aromatic rings. The summed E-state index contributed by atoms with van der Waals surface area (Å²) in [5.41, 5.74) is 1.08. The average Bonchev–Trinajstić information content (AvgIpc) is 2.81. The zero-order chi connectivity index (χ0) is 17.1. The summed E-state index contributed by atoms with van der Waals surface area (Å²) in [5.74, 6) is 0.259. The van der Waals surface area contributed by atoms with Crippen LogP contribution in [0.15, 0.2) is 24.4 Å². The Morgan fingerprint density at radius 3 is 2.09 bits per heavy atom. The summed E-state index contributed by atoms with van der Waals surface area (Å²) in [6, 6.07) is 5.96. The second-order valence-corrected chi connectivity index (χ2v) is 6.94. The number of aromatic nitrogens is 1. The summed E-state index contributed by atoms with van der Waals surface area (Å²) in [6.07, 6.45) is 4.82. The number of carbonyl (C=O) groups is 1. The molecule has 1 fully saturated rings. The maximum absolute atomic E-state index is 11.9. The summed E-state index contributed by atoms with van der Waals surface area (Å²) < 4.78 is 61.2. The standard InChI is InChI=1S/C12H17N2O.F6P/c1-13-7-3-2-6-11(13)10-12(15)14-8-4-5-9-14;1-7(2,3,4,5)6/h2-3,6-7H,4-5,8-10H2,1H3;/q+1;-1. The molecule has 0 radical (unpaired) electrons. The van der Waals surface area contributed by atoms with Crippen molar-refractivity contribution < 1.29 is 34.5 Å². The number of rotatable bonds is 2. The van der Waals surface area contributed by atoms with Crippen molar-refractivity contribution in [1.29, 1.82) is 0 Å². The van der Waals surface area contributed by atoms with Gasteiger partial charge in [0, 0.05) is 25.2 Å². The summed E-state index contributed by atoms with van der Waals surface area (Å²) >= 11 is 0. The second kappa shape index (κ2) is 5.68. The molecule has 1 saturated heterocycles. The van der Waals surface area contributed by atoms with Crippen molar-refractivity contribution in [3.8, 4) is 0 Å². The van der Waals surface area contributed by atoms with Gasteiger partial charge in [0.25, 0.3) is 0 Å². The Bertz CT molecular complexity index is 528. The van der Waals surface area contributed by atoms with Gasteiger partial charge in [-0.2, -0.15) is 0 Å². The van der Waals surface area contributed by atoms with E-state index in [1.165, 1.54) is 0 Å². The van der Waals surface area contributed by atoms with Gasteiger partial charge in [0.2, 0.25) is 5.91 Å². The quantitative estimate of drug-likeness (QED) is 0.448. The molecule has 22 heavy (non-hydrogen) atoms. The van der Waals surface area contributed by atoms with Crippen molar-refractivity contribution in [3.63, 3.8) is 0 Å². The van der Waals surface area contributed by atoms with Crippen molar-refractivity contribution in [2.75, 3.05) is 13.1 Å². The fourth-order valence-electron chi connectivity index (χ4n) is 1.98. The van der Waals surface area contributed by atoms with E-state index < -0.39 is 7.81 Å². The van der Waals surface area contributed by atoms with E-state index in [-0.39, 0.29) is 5.91 Å². The summed E-state index contributed by atoms with van der Waals surface area (Å²) in [6.45, 7) is 1.88. The molecule has 2 rings (SSSR count). The molecule has 0 atom stereocenters. The zero-order valence-corrected chi connectivity index (χ0v) is 12.8. The van der Waals surface area contributed by atoms with E-state index in [2.05, 4.69) is 0 Å². The van der Waals surface area contributed by atoms with Crippen LogP contribution in [0.1, 0.15) is 18.5 Å². The zero-order valence-electron chi connectivity index (χ0n) is 11.9. The van der Waals surface area contributed by atoms with E-state index in [4.69, 9.17) is 0 Å². The molecule has 0 aliphatic carbocycles. The molecule has 0 aromatic carbocycles. The van der Waals surface area contributed by atoms with Gasteiger partial charge in [0.05, 0.1) is 0 Å². The fraction of sp³-hybridized carbons (Fsp3) is 0.500. The predicted octanol–water partition coefficient (Wildman–Crippen LogP) is 4.06. The van der Waals surface area contributed by atoms with Crippen LogP contribution in [0.5, 0.6) is 0 Å². The molecule has 0 N–H and O–H groups in total. The Hall–Kier alpha value is -1.37. The molecule has 1 aliphatic heterocycles. The molecular formula is C12H17F6N2OP. The van der Waals surface area contributed by atoms with Gasteiger partial charge in [0.1, 0.15) is 13.5 Å². The van der Waals surface area contributed by atoms with Crippen molar-refractivity contribution in [3.05, 3.63) is 30.1 Å². The van der Waals surface area contributed by atoms with Crippen LogP contribution in [0.2, 0.25) is 0 Å². The number of likely N-dealkylation sites (tertiary alicyclic amines) is 1. The first-order valence-corrected chi connectivity index (χ1v) is 8.53. The topological polar surface area (TPSA) is 24.2 Å². The molecule has 1 aliphatic rings. The molecule has 0 bridgehead atoms. The van der Waals surface area contributed by atoms with Crippen LogP contribution in [-0.2, 0) is 18.3 Å². The van der Waals surface area contributed by atoms with Gasteiger partial charge in [-0.15, -0.1) is 0 Å². The van der Waals surface area contributed by atoms with Crippen molar-refractivity contribution in [2.24, 2.45) is 7.05 Å². The van der Waals surface area contributed by atoms with E-state index >= 15 is 0 Å². The number of nitrogens with zero attached hydrogens (tertiary/aromatic N) is 2. The predicted molar refractivity (Wildman–Crippen MR) is 70.7 cm³/mol. The number of hydrogen-bond donors (Lipinski definition) is 0. The molecule has 1 amide bonds. The third kappa shape index (κ3) is 9.55. The summed E-state index contributed by atoms with van der Waals surface area (Å²) in [4.78, 5) is 13.8. The van der Waals surface area contributed by atoms with Crippen LogP contribution in [0.3, 0.4) is 0 Å². The molecule has 2 heterocycles. The Morgan fingerprint density at radius 1 is 1.14 bits per heavy atom. The number of aryl methyl sites for hydroxylation is 1. The Kier molecular flexibility index (Phi) is 4.82. The van der Waals surface area contributed by atoms with Crippen molar-refractivity contribution in [2.45, 2.75) is 19.3 Å². The SMILES string of the molecule is C[n+]1ccccc1CC(=O)N1CCCC1.F[P-](F)(F)(F)(F)F. The number of amides is 1. The van der Waals surface area contributed by atoms with Gasteiger partial charge in [0.15, 0.2) is 11.9 Å². The van der Waals surface area contributed by atoms with E-state index in [1.807, 2.05) is 40.9 Å². The molecule has 0 unspecified atom stereocenters. The van der Waals surface area contributed by atoms with Crippen LogP contribution in [0, 0.1) is 0 Å². The molecule has 0 spiro atoms. The molecule has 0 saturated carbocycles. The second-order valence-electron chi connectivity index (χ2n) is 5.03. The summed E-state index contributed by atoms with van der Waals surface area (Å²) in [7, 11) is -8.68. The first-order valence-electron chi connectivity index (χ1n) is 6.50. The van der Waals surface area contributed by atoms with Crippen LogP contribution in [0.25, 0.3) is 0 Å². The van der Waals surface area contributed by atoms with Crippen LogP contribution in [-0.4, -0.2) is 23.9 Å². The van der Waals surface area contributed by atoms with Crippen molar-refractivity contribution >= 4 is 13.7 Å². The Morgan fingerprint density at radius 2 is 1.64 bits per heavy atom. The average molecular weight is 350 g/mol. The van der Waals surface area contributed by atoms with Crippen LogP contribution >= 0.6 is 7.81 Å². The number of hydrogen-bond acceptors (Lipinski definition) is 1. The Balaban J connectivity index is 0.000000295. The van der Waals surface area contributed by atoms with Crippen molar-refractivity contribution in [1.82, 2.24) is 4.90 Å². The maximum atomic E-state index is 11.9. The van der Waals surface area contributed by atoms with Gasteiger partial charge in [-0.1, -0.05) is 6.07 Å². The number of pyridine rings is 1. The fourth-order valence-corrected chi connectivity index (χ4v) is 1.98. The van der Waals surface area contributed by atoms with Crippen LogP contribution < -0.4 is 4.57 Å². The van der Waals surface area contributed by atoms with Gasteiger partial charge in [-0.05, 0) is 12.8 Å². The first kappa shape index (κ1) is 18.7. The van der Waals surface area contributed by atoms with Gasteiger partial charge in [-0.25, -0.2) is 4.57 Å². The molecule has 10 heteroatoms. The molecule has 128 valence electrons. The van der Waals surface area contributed by atoms with Gasteiger partial charge in [-0.3, -0.25) is 4.79 Å². The third-order valence-corrected chi connectivity index (χ3v) is 2.95.